The number of hydrogen-bond acceptors (Lipinski definition) is 4. The number of carbonyl (C=O) groups excluding carboxylic acids is 1. The Morgan fingerprint density at radius 1 is 1.26 bits per heavy atom. The smallest absolute Gasteiger partial charge is 0.264 e. The van der Waals surface area contributed by atoms with Gasteiger partial charge < -0.3 is 5.32 Å². The minimum atomic E-state index is -0.640. The van der Waals surface area contributed by atoms with E-state index in [9.17, 15) is 9.18 Å². The molecule has 2 fully saturated rings. The maximum atomic E-state index is 13.0. The number of halogens is 1. The maximum absolute atomic E-state index is 13.0. The molecule has 104 valence electrons. The van der Waals surface area contributed by atoms with E-state index in [4.69, 9.17) is 0 Å². The molecule has 1 N–H and O–H groups in total. The third-order valence-corrected chi connectivity index (χ3v) is 4.75. The highest BCUT2D eigenvalue weighted by atomic mass is 32.1. The first kappa shape index (κ1) is 13.0. The van der Waals surface area contributed by atoms with Crippen LogP contribution in [-0.4, -0.2) is 28.2 Å². The summed E-state index contributed by atoms with van der Waals surface area (Å²) in [5.41, 5.74) is 0.870. The molecule has 19 heavy (non-hydrogen) atoms. The van der Waals surface area contributed by atoms with Crippen molar-refractivity contribution in [3.05, 3.63) is 10.6 Å². The van der Waals surface area contributed by atoms with Crippen molar-refractivity contribution in [1.82, 2.24) is 14.9 Å². The average Bonchev–Trinajstić information content (AvgIpc) is 3.15. The fourth-order valence-corrected chi connectivity index (χ4v) is 3.29. The van der Waals surface area contributed by atoms with E-state index in [1.807, 2.05) is 0 Å². The summed E-state index contributed by atoms with van der Waals surface area (Å²) in [6, 6.07) is 0. The monoisotopic (exact) mass is 283 g/mol. The fourth-order valence-electron chi connectivity index (χ4n) is 2.62. The summed E-state index contributed by atoms with van der Waals surface area (Å²) in [6.45, 7) is 0.646. The van der Waals surface area contributed by atoms with Crippen LogP contribution in [0.3, 0.4) is 0 Å². The minimum Gasteiger partial charge on any atom is -0.351 e. The predicted molar refractivity (Wildman–Crippen MR) is 71.1 cm³/mol. The van der Waals surface area contributed by atoms with Crippen molar-refractivity contribution >= 4 is 17.4 Å². The average molecular weight is 283 g/mol. The molecular formula is C13H18FN3OS. The van der Waals surface area contributed by atoms with Crippen molar-refractivity contribution in [2.24, 2.45) is 5.92 Å². The lowest BCUT2D eigenvalue weighted by Crippen LogP contribution is -2.31. The largest absolute Gasteiger partial charge is 0.351 e. The van der Waals surface area contributed by atoms with Gasteiger partial charge >= 0.3 is 0 Å². The fraction of sp³-hybridized carbons (Fsp3) is 0.769. The van der Waals surface area contributed by atoms with Gasteiger partial charge in [0.15, 0.2) is 0 Å². The third-order valence-electron chi connectivity index (χ3n) is 4.01. The first-order chi connectivity index (χ1) is 9.24. The van der Waals surface area contributed by atoms with E-state index in [2.05, 4.69) is 14.9 Å². The Morgan fingerprint density at radius 2 is 2.00 bits per heavy atom. The van der Waals surface area contributed by atoms with Crippen LogP contribution in [-0.2, 0) is 0 Å². The Morgan fingerprint density at radius 3 is 2.68 bits per heavy atom. The second kappa shape index (κ2) is 5.53. The minimum absolute atomic E-state index is 0.0562. The predicted octanol–water partition coefficient (Wildman–Crippen LogP) is 2.67. The van der Waals surface area contributed by atoms with E-state index >= 15 is 0 Å². The summed E-state index contributed by atoms with van der Waals surface area (Å²) in [7, 11) is 0. The van der Waals surface area contributed by atoms with Gasteiger partial charge in [0.1, 0.15) is 11.0 Å². The maximum Gasteiger partial charge on any atom is 0.264 e. The zero-order valence-corrected chi connectivity index (χ0v) is 11.6. The molecule has 2 aliphatic carbocycles. The molecule has 3 rings (SSSR count). The molecule has 2 saturated carbocycles. The van der Waals surface area contributed by atoms with Gasteiger partial charge in [-0.05, 0) is 56.0 Å². The van der Waals surface area contributed by atoms with Crippen molar-refractivity contribution in [3.8, 4) is 0 Å². The number of carbonyl (C=O) groups is 1. The lowest BCUT2D eigenvalue weighted by Gasteiger charge is -2.24. The molecule has 0 radical (unpaired) electrons. The van der Waals surface area contributed by atoms with Crippen LogP contribution in [0, 0.1) is 5.92 Å². The molecule has 1 amide bonds. The lowest BCUT2D eigenvalue weighted by molar-refractivity contribution is 0.0942. The SMILES string of the molecule is O=C(NCC1CCC(F)CC1)c1snnc1C1CC1. The number of rotatable bonds is 4. The first-order valence-electron chi connectivity index (χ1n) is 6.98. The molecule has 0 saturated heterocycles. The number of alkyl halides is 1. The number of nitrogens with one attached hydrogen (secondary N) is 1. The van der Waals surface area contributed by atoms with E-state index in [1.165, 1.54) is 11.5 Å². The van der Waals surface area contributed by atoms with Crippen LogP contribution < -0.4 is 5.32 Å². The molecule has 1 heterocycles. The normalized spacial score (nSPS) is 27.2. The first-order valence-corrected chi connectivity index (χ1v) is 7.76. The van der Waals surface area contributed by atoms with Gasteiger partial charge in [0.2, 0.25) is 0 Å². The topological polar surface area (TPSA) is 54.9 Å². The summed E-state index contributed by atoms with van der Waals surface area (Å²) in [6.07, 6.45) is 4.61. The van der Waals surface area contributed by atoms with Crippen LogP contribution in [0.5, 0.6) is 0 Å². The summed E-state index contributed by atoms with van der Waals surface area (Å²) < 4.78 is 16.9. The van der Waals surface area contributed by atoms with Gasteiger partial charge in [-0.1, -0.05) is 4.49 Å². The lowest BCUT2D eigenvalue weighted by atomic mass is 9.88. The van der Waals surface area contributed by atoms with Gasteiger partial charge in [-0.15, -0.1) is 5.10 Å². The molecule has 0 spiro atoms. The Hall–Kier alpha value is -1.04. The quantitative estimate of drug-likeness (QED) is 0.924. The van der Waals surface area contributed by atoms with Gasteiger partial charge in [-0.25, -0.2) is 4.39 Å². The highest BCUT2D eigenvalue weighted by molar-refractivity contribution is 7.08. The molecule has 1 aromatic rings. The Bertz CT molecular complexity index is 452. The molecule has 0 aliphatic heterocycles. The zero-order chi connectivity index (χ0) is 13.2. The molecule has 1 aromatic heterocycles. The van der Waals surface area contributed by atoms with Crippen molar-refractivity contribution in [2.75, 3.05) is 6.54 Å². The number of aromatic nitrogens is 2. The molecule has 4 nitrogen and oxygen atoms in total. The van der Waals surface area contributed by atoms with E-state index < -0.39 is 6.17 Å². The highest BCUT2D eigenvalue weighted by Gasteiger charge is 2.32. The summed E-state index contributed by atoms with van der Waals surface area (Å²) in [5.74, 6) is 0.807. The molecule has 0 aromatic carbocycles. The van der Waals surface area contributed by atoms with Gasteiger partial charge in [-0.2, -0.15) is 0 Å². The summed E-state index contributed by atoms with van der Waals surface area (Å²) in [5, 5.41) is 7.02. The van der Waals surface area contributed by atoms with Crippen molar-refractivity contribution in [3.63, 3.8) is 0 Å². The molecular weight excluding hydrogens is 265 g/mol. The standard InChI is InChI=1S/C13H18FN3OS/c14-10-5-1-8(2-6-10)7-15-13(18)12-11(9-3-4-9)16-17-19-12/h8-10H,1-7H2,(H,15,18). The van der Waals surface area contributed by atoms with Crippen LogP contribution in [0.15, 0.2) is 0 Å². The second-order valence-corrected chi connectivity index (χ2v) is 6.34. The van der Waals surface area contributed by atoms with Crippen molar-refractivity contribution in [1.29, 1.82) is 0 Å². The van der Waals surface area contributed by atoms with Crippen LogP contribution in [0.1, 0.15) is 59.8 Å². The van der Waals surface area contributed by atoms with E-state index in [1.54, 1.807) is 0 Å². The Balaban J connectivity index is 1.52. The molecule has 0 unspecified atom stereocenters. The number of nitrogens with zero attached hydrogens (tertiary/aromatic N) is 2. The third kappa shape index (κ3) is 3.11. The molecule has 0 bridgehead atoms. The van der Waals surface area contributed by atoms with Crippen LogP contribution in [0.2, 0.25) is 0 Å². The van der Waals surface area contributed by atoms with Gasteiger partial charge in [0.05, 0.1) is 5.69 Å². The van der Waals surface area contributed by atoms with E-state index in [0.717, 1.165) is 31.4 Å². The van der Waals surface area contributed by atoms with Crippen molar-refractivity contribution < 1.29 is 9.18 Å². The zero-order valence-electron chi connectivity index (χ0n) is 10.8. The van der Waals surface area contributed by atoms with Gasteiger partial charge in [0.25, 0.3) is 5.91 Å². The van der Waals surface area contributed by atoms with E-state index in [-0.39, 0.29) is 5.91 Å². The van der Waals surface area contributed by atoms with E-state index in [0.29, 0.717) is 36.1 Å². The Kier molecular flexibility index (Phi) is 3.77. The summed E-state index contributed by atoms with van der Waals surface area (Å²) >= 11 is 1.18. The van der Waals surface area contributed by atoms with Gasteiger partial charge in [-0.3, -0.25) is 4.79 Å². The van der Waals surface area contributed by atoms with Crippen LogP contribution >= 0.6 is 11.5 Å². The molecule has 2 aliphatic rings. The van der Waals surface area contributed by atoms with Crippen molar-refractivity contribution in [2.45, 2.75) is 50.6 Å². The molecule has 6 heteroatoms. The Labute approximate surface area is 116 Å². The molecule has 0 atom stereocenters. The van der Waals surface area contributed by atoms with Gasteiger partial charge in [0, 0.05) is 12.5 Å². The second-order valence-electron chi connectivity index (χ2n) is 5.59. The number of amides is 1. The van der Waals surface area contributed by atoms with Crippen LogP contribution in [0.4, 0.5) is 4.39 Å². The van der Waals surface area contributed by atoms with Crippen LogP contribution in [0.25, 0.3) is 0 Å². The highest BCUT2D eigenvalue weighted by Crippen LogP contribution is 2.41. The number of hydrogen-bond donors (Lipinski definition) is 1. The summed E-state index contributed by atoms with van der Waals surface area (Å²) in [4.78, 5) is 12.8.